The third-order valence-corrected chi connectivity index (χ3v) is 9.08. The van der Waals surface area contributed by atoms with Gasteiger partial charge in [0, 0.05) is 22.7 Å². The van der Waals surface area contributed by atoms with Crippen LogP contribution < -0.4 is 19.3 Å². The fourth-order valence-electron chi connectivity index (χ4n) is 6.04. The molecule has 0 aromatic heterocycles. The van der Waals surface area contributed by atoms with E-state index in [4.69, 9.17) is 9.47 Å². The average Bonchev–Trinajstić information content (AvgIpc) is 3.14. The molecule has 0 unspecified atom stereocenters. The summed E-state index contributed by atoms with van der Waals surface area (Å²) in [5.41, 5.74) is 9.77. The zero-order valence-electron chi connectivity index (χ0n) is 30.1. The summed E-state index contributed by atoms with van der Waals surface area (Å²) in [4.78, 5) is 3.73. The fourth-order valence-corrected chi connectivity index (χ4v) is 6.04. The van der Waals surface area contributed by atoms with Crippen LogP contribution in [0.3, 0.4) is 0 Å². The van der Waals surface area contributed by atoms with Crippen LogP contribution in [-0.4, -0.2) is 25.6 Å². The molecule has 0 atom stereocenters. The summed E-state index contributed by atoms with van der Waals surface area (Å²) >= 11 is 0. The average molecular weight is 741 g/mol. The van der Waals surface area contributed by atoms with E-state index >= 15 is 0 Å². The number of para-hydroxylation sites is 4. The Balaban J connectivity index is 1.36. The van der Waals surface area contributed by atoms with Crippen LogP contribution in [0.25, 0.3) is 11.1 Å². The molecule has 0 aliphatic rings. The second-order valence-corrected chi connectivity index (χ2v) is 13.0. The first-order valence-corrected chi connectivity index (χ1v) is 17.2. The van der Waals surface area contributed by atoms with Crippen molar-refractivity contribution in [1.82, 2.24) is 0 Å². The fraction of sp³-hybridized carbons (Fsp3) is 0.182. The van der Waals surface area contributed by atoms with Gasteiger partial charge in [-0.25, -0.2) is 0 Å². The van der Waals surface area contributed by atoms with Crippen molar-refractivity contribution >= 4 is 34.1 Å². The van der Waals surface area contributed by atoms with Gasteiger partial charge >= 0.3 is 12.4 Å². The number of hydrogen-bond acceptors (Lipinski definition) is 4. The molecule has 6 rings (SSSR count). The van der Waals surface area contributed by atoms with E-state index in [1.807, 2.05) is 122 Å². The van der Waals surface area contributed by atoms with Gasteiger partial charge in [-0.05, 0) is 134 Å². The summed E-state index contributed by atoms with van der Waals surface area (Å²) < 4.78 is 89.8. The van der Waals surface area contributed by atoms with Crippen molar-refractivity contribution in [3.63, 3.8) is 0 Å². The van der Waals surface area contributed by atoms with Crippen LogP contribution in [0.2, 0.25) is 0 Å². The van der Waals surface area contributed by atoms with Crippen LogP contribution in [0.5, 0.6) is 11.5 Å². The zero-order chi connectivity index (χ0) is 38.6. The maximum absolute atomic E-state index is 13.2. The van der Waals surface area contributed by atoms with Gasteiger partial charge in [-0.15, -0.1) is 0 Å². The van der Waals surface area contributed by atoms with Crippen LogP contribution in [0, 0.1) is 27.7 Å². The van der Waals surface area contributed by atoms with Gasteiger partial charge in [-0.3, -0.25) is 0 Å². The molecule has 0 N–H and O–H groups in total. The van der Waals surface area contributed by atoms with Gasteiger partial charge in [0.15, 0.2) is 13.2 Å². The highest BCUT2D eigenvalue weighted by Gasteiger charge is 2.30. The third kappa shape index (κ3) is 9.00. The lowest BCUT2D eigenvalue weighted by molar-refractivity contribution is -0.154. The molecular weight excluding hydrogens is 702 g/mol. The van der Waals surface area contributed by atoms with E-state index in [1.165, 1.54) is 12.1 Å². The van der Waals surface area contributed by atoms with Gasteiger partial charge < -0.3 is 19.3 Å². The maximum Gasteiger partial charge on any atom is 0.422 e. The quantitative estimate of drug-likeness (QED) is 0.124. The number of hydrogen-bond donors (Lipinski definition) is 0. The molecule has 54 heavy (non-hydrogen) atoms. The van der Waals surface area contributed by atoms with Crippen LogP contribution >= 0.6 is 0 Å². The summed E-state index contributed by atoms with van der Waals surface area (Å²) in [6.07, 6.45) is -9.01. The lowest BCUT2D eigenvalue weighted by Gasteiger charge is -2.28. The van der Waals surface area contributed by atoms with Gasteiger partial charge in [-0.1, -0.05) is 60.7 Å². The minimum absolute atomic E-state index is 0.0893. The highest BCUT2D eigenvalue weighted by molar-refractivity contribution is 5.84. The molecule has 0 spiro atoms. The number of ether oxygens (including phenoxy) is 2. The summed E-state index contributed by atoms with van der Waals surface area (Å²) in [6.45, 7) is 5.09. The molecule has 278 valence electrons. The predicted molar refractivity (Wildman–Crippen MR) is 203 cm³/mol. The first-order chi connectivity index (χ1) is 25.7. The van der Waals surface area contributed by atoms with Gasteiger partial charge in [-0.2, -0.15) is 26.3 Å². The summed E-state index contributed by atoms with van der Waals surface area (Å²) in [5, 5.41) is 0. The molecule has 4 nitrogen and oxygen atoms in total. The Morgan fingerprint density at radius 2 is 0.741 bits per heavy atom. The van der Waals surface area contributed by atoms with Crippen molar-refractivity contribution < 1.29 is 35.8 Å². The van der Waals surface area contributed by atoms with Crippen LogP contribution in [0.4, 0.5) is 60.5 Å². The molecule has 0 saturated heterocycles. The predicted octanol–water partition coefficient (Wildman–Crippen LogP) is 13.4. The Morgan fingerprint density at radius 1 is 0.407 bits per heavy atom. The molecule has 0 radical (unpaired) electrons. The lowest BCUT2D eigenvalue weighted by Crippen LogP contribution is -2.20. The number of nitrogens with zero attached hydrogens (tertiary/aromatic N) is 2. The summed E-state index contributed by atoms with van der Waals surface area (Å²) in [6, 6.07) is 40.3. The van der Waals surface area contributed by atoms with E-state index < -0.39 is 25.6 Å². The molecule has 6 aromatic rings. The number of halogens is 6. The van der Waals surface area contributed by atoms with Crippen molar-refractivity contribution in [3.05, 3.63) is 156 Å². The zero-order valence-corrected chi connectivity index (χ0v) is 30.1. The first-order valence-electron chi connectivity index (χ1n) is 17.2. The third-order valence-electron chi connectivity index (χ3n) is 9.08. The van der Waals surface area contributed by atoms with E-state index in [-0.39, 0.29) is 11.5 Å². The molecule has 0 heterocycles. The maximum atomic E-state index is 13.2. The number of benzene rings is 6. The minimum atomic E-state index is -4.50. The van der Waals surface area contributed by atoms with E-state index in [0.29, 0.717) is 22.7 Å². The summed E-state index contributed by atoms with van der Waals surface area (Å²) in [7, 11) is 0. The highest BCUT2D eigenvalue weighted by atomic mass is 19.4. The molecule has 0 fully saturated rings. The first kappa shape index (κ1) is 37.8. The number of anilines is 6. The monoisotopic (exact) mass is 740 g/mol. The van der Waals surface area contributed by atoms with E-state index in [9.17, 15) is 26.3 Å². The van der Waals surface area contributed by atoms with E-state index in [0.717, 1.165) is 44.8 Å². The SMILES string of the molecule is Cc1ccc(N(c2ccc(-c3ccc(N(c4ccc(C)c(C)c4)c4ccccc4OCC(F)(F)F)cc3)cc2)c2ccccc2OCC(F)(F)F)cc1C. The van der Waals surface area contributed by atoms with Gasteiger partial charge in [0.05, 0.1) is 11.4 Å². The molecule has 0 aliphatic carbocycles. The Kier molecular flexibility index (Phi) is 10.9. The van der Waals surface area contributed by atoms with E-state index in [1.54, 1.807) is 36.4 Å². The number of aryl methyl sites for hydroxylation is 4. The normalized spacial score (nSPS) is 11.7. The Labute approximate surface area is 310 Å². The van der Waals surface area contributed by atoms with Gasteiger partial charge in [0.2, 0.25) is 0 Å². The van der Waals surface area contributed by atoms with Crippen LogP contribution in [0.1, 0.15) is 22.3 Å². The van der Waals surface area contributed by atoms with Crippen molar-refractivity contribution in [1.29, 1.82) is 0 Å². The van der Waals surface area contributed by atoms with Crippen LogP contribution in [0.15, 0.2) is 133 Å². The Hall–Kier alpha value is -5.90. The van der Waals surface area contributed by atoms with Crippen molar-refractivity contribution in [2.75, 3.05) is 23.0 Å². The van der Waals surface area contributed by atoms with Crippen LogP contribution in [-0.2, 0) is 0 Å². The molecule has 0 aliphatic heterocycles. The van der Waals surface area contributed by atoms with Gasteiger partial charge in [0.25, 0.3) is 0 Å². The van der Waals surface area contributed by atoms with Crippen molar-refractivity contribution in [3.8, 4) is 22.6 Å². The second-order valence-electron chi connectivity index (χ2n) is 13.0. The summed E-state index contributed by atoms with van der Waals surface area (Å²) in [5.74, 6) is 0.179. The smallest absolute Gasteiger partial charge is 0.422 e. The molecule has 0 bridgehead atoms. The van der Waals surface area contributed by atoms with Crippen molar-refractivity contribution in [2.45, 2.75) is 40.0 Å². The molecule has 0 saturated carbocycles. The number of rotatable bonds is 11. The van der Waals surface area contributed by atoms with Crippen molar-refractivity contribution in [2.24, 2.45) is 0 Å². The largest absolute Gasteiger partial charge is 0.482 e. The Morgan fingerprint density at radius 3 is 1.07 bits per heavy atom. The number of alkyl halides is 6. The molecule has 6 aromatic carbocycles. The molecule has 10 heteroatoms. The van der Waals surface area contributed by atoms with Gasteiger partial charge in [0.1, 0.15) is 11.5 Å². The molecule has 0 amide bonds. The molecular formula is C44H38F6N2O2. The highest BCUT2D eigenvalue weighted by Crippen LogP contribution is 2.44. The topological polar surface area (TPSA) is 24.9 Å². The second kappa shape index (κ2) is 15.6. The van der Waals surface area contributed by atoms with E-state index in [2.05, 4.69) is 0 Å². The Bertz CT molecular complexity index is 2060. The lowest BCUT2D eigenvalue weighted by atomic mass is 10.0. The minimum Gasteiger partial charge on any atom is -0.482 e. The standard InChI is InChI=1S/C44H38F6N2O2/c1-29-13-19-37(25-31(29)3)51(39-9-5-7-11-41(39)53-27-43(45,46)47)35-21-15-33(16-22-35)34-17-23-36(24-18-34)52(38-20-14-30(2)32(4)26-38)40-10-6-8-12-42(40)54-28-44(48,49)50/h5-26H,27-28H2,1-4H3.